The second-order valence-corrected chi connectivity index (χ2v) is 3.49. The average molecular weight is 195 g/mol. The first-order chi connectivity index (χ1) is 6.36. The van der Waals surface area contributed by atoms with Gasteiger partial charge >= 0.3 is 0 Å². The third kappa shape index (κ3) is 1.89. The number of imidazole rings is 1. The van der Waals surface area contributed by atoms with E-state index < -0.39 is 0 Å². The van der Waals surface area contributed by atoms with E-state index in [2.05, 4.69) is 20.2 Å². The molecule has 1 N–H and O–H groups in total. The lowest BCUT2D eigenvalue weighted by molar-refractivity contribution is 0.788. The van der Waals surface area contributed by atoms with Gasteiger partial charge < -0.3 is 9.55 Å². The summed E-state index contributed by atoms with van der Waals surface area (Å²) in [5.74, 6) is 1.74. The summed E-state index contributed by atoms with van der Waals surface area (Å²) in [5.41, 5.74) is 0. The summed E-state index contributed by atoms with van der Waals surface area (Å²) >= 11 is 1.61. The molecule has 0 aromatic carbocycles. The van der Waals surface area contributed by atoms with Crippen LogP contribution < -0.4 is 0 Å². The molecule has 2 heterocycles. The van der Waals surface area contributed by atoms with Crippen LogP contribution in [0.25, 0.3) is 0 Å². The lowest BCUT2D eigenvalue weighted by atomic mass is 10.7. The van der Waals surface area contributed by atoms with Gasteiger partial charge in [-0.2, -0.15) is 0 Å². The van der Waals surface area contributed by atoms with Crippen LogP contribution in [0, 0.1) is 0 Å². The summed E-state index contributed by atoms with van der Waals surface area (Å²) in [7, 11) is 1.92. The molecule has 0 saturated carbocycles. The van der Waals surface area contributed by atoms with Crippen LogP contribution in [0.2, 0.25) is 0 Å². The number of rotatable bonds is 3. The molecular formula is C7H9N5S. The van der Waals surface area contributed by atoms with Gasteiger partial charge in [0.05, 0.1) is 5.75 Å². The molecule has 2 aromatic heterocycles. The number of nitrogens with zero attached hydrogens (tertiary/aromatic N) is 4. The van der Waals surface area contributed by atoms with E-state index in [1.165, 1.54) is 0 Å². The molecule has 0 spiro atoms. The van der Waals surface area contributed by atoms with E-state index in [1.807, 2.05) is 17.8 Å². The van der Waals surface area contributed by atoms with Crippen molar-refractivity contribution in [2.75, 3.05) is 0 Å². The number of aryl methyl sites for hydroxylation is 1. The topological polar surface area (TPSA) is 59.4 Å². The molecule has 0 aliphatic heterocycles. The van der Waals surface area contributed by atoms with E-state index in [1.54, 1.807) is 24.3 Å². The Balaban J connectivity index is 1.97. The Kier molecular flexibility index (Phi) is 2.31. The predicted octanol–water partition coefficient (Wildman–Crippen LogP) is 0.830. The minimum Gasteiger partial charge on any atom is -0.348 e. The smallest absolute Gasteiger partial charge is 0.191 e. The summed E-state index contributed by atoms with van der Waals surface area (Å²) < 4.78 is 1.88. The second kappa shape index (κ2) is 3.61. The molecule has 2 rings (SSSR count). The van der Waals surface area contributed by atoms with E-state index in [0.29, 0.717) is 0 Å². The van der Waals surface area contributed by atoms with Crippen LogP contribution in [0.1, 0.15) is 5.82 Å². The monoisotopic (exact) mass is 195 g/mol. The SMILES string of the molecule is Cn1cnnc1SCc1ncc[nH]1. The van der Waals surface area contributed by atoms with Gasteiger partial charge in [-0.15, -0.1) is 10.2 Å². The number of aromatic nitrogens is 5. The van der Waals surface area contributed by atoms with Crippen molar-refractivity contribution in [3.63, 3.8) is 0 Å². The first-order valence-electron chi connectivity index (χ1n) is 3.81. The zero-order valence-electron chi connectivity index (χ0n) is 7.14. The van der Waals surface area contributed by atoms with Gasteiger partial charge in [0.1, 0.15) is 12.2 Å². The molecule has 0 radical (unpaired) electrons. The second-order valence-electron chi connectivity index (χ2n) is 2.55. The molecule has 5 nitrogen and oxygen atoms in total. The fourth-order valence-electron chi connectivity index (χ4n) is 0.913. The molecule has 13 heavy (non-hydrogen) atoms. The highest BCUT2D eigenvalue weighted by Crippen LogP contribution is 2.16. The molecule has 6 heteroatoms. The first kappa shape index (κ1) is 8.31. The van der Waals surface area contributed by atoms with Gasteiger partial charge in [0.2, 0.25) is 0 Å². The molecule has 2 aromatic rings. The highest BCUT2D eigenvalue weighted by Gasteiger charge is 2.02. The number of aromatic amines is 1. The third-order valence-corrected chi connectivity index (χ3v) is 2.61. The lowest BCUT2D eigenvalue weighted by Gasteiger charge is -1.96. The Morgan fingerprint density at radius 2 is 2.54 bits per heavy atom. The lowest BCUT2D eigenvalue weighted by Crippen LogP contribution is -1.90. The molecule has 0 saturated heterocycles. The fraction of sp³-hybridized carbons (Fsp3) is 0.286. The van der Waals surface area contributed by atoms with Crippen LogP contribution in [0.4, 0.5) is 0 Å². The van der Waals surface area contributed by atoms with Crippen LogP contribution >= 0.6 is 11.8 Å². The zero-order chi connectivity index (χ0) is 9.10. The van der Waals surface area contributed by atoms with E-state index in [-0.39, 0.29) is 0 Å². The van der Waals surface area contributed by atoms with Gasteiger partial charge in [-0.05, 0) is 0 Å². The van der Waals surface area contributed by atoms with Crippen molar-refractivity contribution in [2.24, 2.45) is 7.05 Å². The van der Waals surface area contributed by atoms with Crippen LogP contribution in [-0.2, 0) is 12.8 Å². The van der Waals surface area contributed by atoms with Crippen LogP contribution in [0.15, 0.2) is 23.9 Å². The summed E-state index contributed by atoms with van der Waals surface area (Å²) in [6, 6.07) is 0. The Morgan fingerprint density at radius 3 is 3.15 bits per heavy atom. The van der Waals surface area contributed by atoms with Gasteiger partial charge in [0.15, 0.2) is 5.16 Å². The highest BCUT2D eigenvalue weighted by molar-refractivity contribution is 7.98. The summed E-state index contributed by atoms with van der Waals surface area (Å²) in [6.45, 7) is 0. The van der Waals surface area contributed by atoms with Crippen molar-refractivity contribution >= 4 is 11.8 Å². The maximum Gasteiger partial charge on any atom is 0.191 e. The zero-order valence-corrected chi connectivity index (χ0v) is 7.95. The number of hydrogen-bond acceptors (Lipinski definition) is 4. The van der Waals surface area contributed by atoms with Crippen LogP contribution in [-0.4, -0.2) is 24.7 Å². The van der Waals surface area contributed by atoms with Crippen molar-refractivity contribution in [1.29, 1.82) is 0 Å². The van der Waals surface area contributed by atoms with Gasteiger partial charge in [0, 0.05) is 19.4 Å². The van der Waals surface area contributed by atoms with Crippen molar-refractivity contribution in [3.05, 3.63) is 24.5 Å². The molecule has 0 amide bonds. The summed E-state index contributed by atoms with van der Waals surface area (Å²) in [4.78, 5) is 7.14. The molecule has 0 bridgehead atoms. The third-order valence-electron chi connectivity index (χ3n) is 1.56. The molecule has 0 aliphatic carbocycles. The van der Waals surface area contributed by atoms with Gasteiger partial charge in [0.25, 0.3) is 0 Å². The van der Waals surface area contributed by atoms with Crippen LogP contribution in [0.5, 0.6) is 0 Å². The molecule has 0 unspecified atom stereocenters. The Hall–Kier alpha value is -1.30. The fourth-order valence-corrected chi connectivity index (χ4v) is 1.69. The van der Waals surface area contributed by atoms with Crippen molar-refractivity contribution in [2.45, 2.75) is 10.9 Å². The van der Waals surface area contributed by atoms with E-state index in [0.717, 1.165) is 16.7 Å². The molecule has 0 fully saturated rings. The van der Waals surface area contributed by atoms with Gasteiger partial charge in [-0.3, -0.25) is 0 Å². The maximum absolute atomic E-state index is 4.11. The van der Waals surface area contributed by atoms with E-state index >= 15 is 0 Å². The van der Waals surface area contributed by atoms with Crippen molar-refractivity contribution in [3.8, 4) is 0 Å². The molecule has 68 valence electrons. The van der Waals surface area contributed by atoms with Gasteiger partial charge in [-0.1, -0.05) is 11.8 Å². The van der Waals surface area contributed by atoms with E-state index in [9.17, 15) is 0 Å². The minimum absolute atomic E-state index is 0.791. The summed E-state index contributed by atoms with van der Waals surface area (Å²) in [5, 5.41) is 8.63. The average Bonchev–Trinajstić information content (AvgIpc) is 2.72. The molecule has 0 aliphatic rings. The maximum atomic E-state index is 4.11. The van der Waals surface area contributed by atoms with Gasteiger partial charge in [-0.25, -0.2) is 4.98 Å². The number of nitrogens with one attached hydrogen (secondary N) is 1. The van der Waals surface area contributed by atoms with E-state index in [4.69, 9.17) is 0 Å². The molecule has 0 atom stereocenters. The highest BCUT2D eigenvalue weighted by atomic mass is 32.2. The van der Waals surface area contributed by atoms with Crippen molar-refractivity contribution in [1.82, 2.24) is 24.7 Å². The summed E-state index contributed by atoms with van der Waals surface area (Å²) in [6.07, 6.45) is 5.24. The Bertz CT molecular complexity index is 366. The molecular weight excluding hydrogens is 186 g/mol. The van der Waals surface area contributed by atoms with Crippen LogP contribution in [0.3, 0.4) is 0 Å². The number of H-pyrrole nitrogens is 1. The largest absolute Gasteiger partial charge is 0.348 e. The standard InChI is InChI=1S/C7H9N5S/c1-12-5-10-11-7(12)13-4-6-8-2-3-9-6/h2-3,5H,4H2,1H3,(H,8,9). The number of thioether (sulfide) groups is 1. The minimum atomic E-state index is 0.791. The Labute approximate surface area is 79.6 Å². The normalized spacial score (nSPS) is 10.5. The Morgan fingerprint density at radius 1 is 1.62 bits per heavy atom. The predicted molar refractivity (Wildman–Crippen MR) is 49.2 cm³/mol. The quantitative estimate of drug-likeness (QED) is 0.737. The number of hydrogen-bond donors (Lipinski definition) is 1. The first-order valence-corrected chi connectivity index (χ1v) is 4.80. The van der Waals surface area contributed by atoms with Crippen molar-refractivity contribution < 1.29 is 0 Å².